The van der Waals surface area contributed by atoms with Gasteiger partial charge < -0.3 is 10.2 Å². The Morgan fingerprint density at radius 1 is 1.32 bits per heavy atom. The molecule has 0 aliphatic carbocycles. The summed E-state index contributed by atoms with van der Waals surface area (Å²) in [5.74, 6) is 2.80. The number of benzene rings is 1. The van der Waals surface area contributed by atoms with Gasteiger partial charge in [-0.3, -0.25) is 0 Å². The summed E-state index contributed by atoms with van der Waals surface area (Å²) in [5.41, 5.74) is 2.27. The molecule has 2 rings (SSSR count). The van der Waals surface area contributed by atoms with Crippen LogP contribution in [0.3, 0.4) is 0 Å². The van der Waals surface area contributed by atoms with E-state index in [0.717, 1.165) is 43.2 Å². The average molecular weight is 282 g/mol. The Labute approximate surface area is 119 Å². The molecule has 0 amide bonds. The van der Waals surface area contributed by atoms with Gasteiger partial charge in [-0.15, -0.1) is 0 Å². The van der Waals surface area contributed by atoms with Crippen LogP contribution in [0.5, 0.6) is 0 Å². The molecule has 4 heteroatoms. The van der Waals surface area contributed by atoms with Gasteiger partial charge in [0.2, 0.25) is 0 Å². The summed E-state index contributed by atoms with van der Waals surface area (Å²) in [6.07, 6.45) is 0. The van der Waals surface area contributed by atoms with Crippen molar-refractivity contribution in [3.63, 3.8) is 0 Å². The van der Waals surface area contributed by atoms with E-state index in [4.69, 9.17) is 0 Å². The van der Waals surface area contributed by atoms with Crippen LogP contribution in [-0.4, -0.2) is 31.1 Å². The first-order chi connectivity index (χ1) is 9.16. The van der Waals surface area contributed by atoms with Crippen molar-refractivity contribution in [3.05, 3.63) is 29.6 Å². The van der Waals surface area contributed by atoms with E-state index in [1.807, 2.05) is 17.8 Å². The van der Waals surface area contributed by atoms with Crippen LogP contribution in [0.4, 0.5) is 10.1 Å². The molecule has 1 aliphatic heterocycles. The van der Waals surface area contributed by atoms with Crippen molar-refractivity contribution in [2.45, 2.75) is 20.4 Å². The van der Waals surface area contributed by atoms with E-state index in [0.29, 0.717) is 5.92 Å². The lowest BCUT2D eigenvalue weighted by Crippen LogP contribution is -2.33. The second-order valence-electron chi connectivity index (χ2n) is 5.40. The van der Waals surface area contributed by atoms with E-state index in [-0.39, 0.29) is 5.82 Å². The molecule has 0 unspecified atom stereocenters. The molecular formula is C15H23FN2S. The van der Waals surface area contributed by atoms with E-state index >= 15 is 0 Å². The Morgan fingerprint density at radius 2 is 2.05 bits per heavy atom. The molecule has 106 valence electrons. The third kappa shape index (κ3) is 4.39. The molecule has 0 saturated carbocycles. The lowest BCUT2D eigenvalue weighted by Gasteiger charge is -2.30. The standard InChI is InChI=1S/C15H23FN2S/c1-12(2)10-17-11-13-9-14(16)3-4-15(13)18-5-7-19-8-6-18/h3-4,9,12,17H,5-8,10-11H2,1-2H3. The highest BCUT2D eigenvalue weighted by atomic mass is 32.2. The van der Waals surface area contributed by atoms with Crippen molar-refractivity contribution in [2.24, 2.45) is 5.92 Å². The quantitative estimate of drug-likeness (QED) is 0.893. The van der Waals surface area contributed by atoms with Gasteiger partial charge in [-0.25, -0.2) is 4.39 Å². The first kappa shape index (κ1) is 14.7. The highest BCUT2D eigenvalue weighted by Gasteiger charge is 2.15. The molecule has 0 spiro atoms. The number of rotatable bonds is 5. The summed E-state index contributed by atoms with van der Waals surface area (Å²) in [6.45, 7) is 8.20. The monoisotopic (exact) mass is 282 g/mol. The molecule has 0 aromatic heterocycles. The lowest BCUT2D eigenvalue weighted by molar-refractivity contribution is 0.549. The molecule has 1 aliphatic rings. The van der Waals surface area contributed by atoms with Gasteiger partial charge in [-0.1, -0.05) is 13.8 Å². The van der Waals surface area contributed by atoms with Gasteiger partial charge in [0.25, 0.3) is 0 Å². The molecule has 1 aromatic carbocycles. The van der Waals surface area contributed by atoms with Crippen LogP contribution in [0, 0.1) is 11.7 Å². The smallest absolute Gasteiger partial charge is 0.123 e. The fraction of sp³-hybridized carbons (Fsp3) is 0.600. The lowest BCUT2D eigenvalue weighted by atomic mass is 10.1. The van der Waals surface area contributed by atoms with E-state index in [1.54, 1.807) is 12.1 Å². The predicted molar refractivity (Wildman–Crippen MR) is 82.5 cm³/mol. The molecular weight excluding hydrogens is 259 g/mol. The second-order valence-corrected chi connectivity index (χ2v) is 6.62. The summed E-state index contributed by atoms with van der Waals surface area (Å²) in [7, 11) is 0. The van der Waals surface area contributed by atoms with Crippen molar-refractivity contribution in [3.8, 4) is 0 Å². The zero-order valence-electron chi connectivity index (χ0n) is 11.8. The highest BCUT2D eigenvalue weighted by Crippen LogP contribution is 2.24. The largest absolute Gasteiger partial charge is 0.370 e. The van der Waals surface area contributed by atoms with Gasteiger partial charge in [0, 0.05) is 36.8 Å². The fourth-order valence-corrected chi connectivity index (χ4v) is 3.21. The third-order valence-electron chi connectivity index (χ3n) is 3.26. The van der Waals surface area contributed by atoms with Gasteiger partial charge in [0.15, 0.2) is 0 Å². The zero-order valence-corrected chi connectivity index (χ0v) is 12.6. The van der Waals surface area contributed by atoms with E-state index in [9.17, 15) is 4.39 Å². The first-order valence-corrected chi connectivity index (χ1v) is 8.14. The van der Waals surface area contributed by atoms with E-state index in [1.165, 1.54) is 5.69 Å². The van der Waals surface area contributed by atoms with Crippen molar-refractivity contribution in [1.29, 1.82) is 0 Å². The molecule has 1 heterocycles. The molecule has 1 saturated heterocycles. The number of thioether (sulfide) groups is 1. The van der Waals surface area contributed by atoms with Gasteiger partial charge in [0.1, 0.15) is 5.82 Å². The first-order valence-electron chi connectivity index (χ1n) is 6.98. The number of hydrogen-bond donors (Lipinski definition) is 1. The van der Waals surface area contributed by atoms with Crippen LogP contribution < -0.4 is 10.2 Å². The highest BCUT2D eigenvalue weighted by molar-refractivity contribution is 7.99. The molecule has 1 aromatic rings. The number of hydrogen-bond acceptors (Lipinski definition) is 3. The SMILES string of the molecule is CC(C)CNCc1cc(F)ccc1N1CCSCC1. The van der Waals surface area contributed by atoms with Gasteiger partial charge in [0.05, 0.1) is 0 Å². The van der Waals surface area contributed by atoms with Crippen molar-refractivity contribution in [1.82, 2.24) is 5.32 Å². The molecule has 0 radical (unpaired) electrons. The Morgan fingerprint density at radius 3 is 2.74 bits per heavy atom. The van der Waals surface area contributed by atoms with Crippen molar-refractivity contribution < 1.29 is 4.39 Å². The van der Waals surface area contributed by atoms with Crippen LogP contribution in [0.1, 0.15) is 19.4 Å². The van der Waals surface area contributed by atoms with Gasteiger partial charge in [-0.2, -0.15) is 11.8 Å². The zero-order chi connectivity index (χ0) is 13.7. The summed E-state index contributed by atoms with van der Waals surface area (Å²) >= 11 is 1.99. The second kappa shape index (κ2) is 7.15. The minimum absolute atomic E-state index is 0.142. The van der Waals surface area contributed by atoms with E-state index in [2.05, 4.69) is 24.1 Å². The minimum atomic E-state index is -0.142. The summed E-state index contributed by atoms with van der Waals surface area (Å²) in [4.78, 5) is 2.38. The van der Waals surface area contributed by atoms with Crippen LogP contribution in [0.2, 0.25) is 0 Å². The number of nitrogens with one attached hydrogen (secondary N) is 1. The minimum Gasteiger partial charge on any atom is -0.370 e. The third-order valence-corrected chi connectivity index (χ3v) is 4.20. The molecule has 0 bridgehead atoms. The Kier molecular flexibility index (Phi) is 5.52. The maximum atomic E-state index is 13.4. The molecule has 0 atom stereocenters. The van der Waals surface area contributed by atoms with Crippen LogP contribution >= 0.6 is 11.8 Å². The van der Waals surface area contributed by atoms with Crippen LogP contribution in [0.15, 0.2) is 18.2 Å². The average Bonchev–Trinajstić information content (AvgIpc) is 2.39. The summed E-state index contributed by atoms with van der Waals surface area (Å²) in [5, 5.41) is 3.41. The Hall–Kier alpha value is -0.740. The number of nitrogens with zero attached hydrogens (tertiary/aromatic N) is 1. The normalized spacial score (nSPS) is 16.1. The van der Waals surface area contributed by atoms with Crippen LogP contribution in [0.25, 0.3) is 0 Å². The van der Waals surface area contributed by atoms with E-state index < -0.39 is 0 Å². The van der Waals surface area contributed by atoms with Gasteiger partial charge >= 0.3 is 0 Å². The van der Waals surface area contributed by atoms with Crippen LogP contribution in [-0.2, 0) is 6.54 Å². The molecule has 2 nitrogen and oxygen atoms in total. The number of halogens is 1. The Bertz CT molecular complexity index is 403. The fourth-order valence-electron chi connectivity index (χ4n) is 2.30. The molecule has 19 heavy (non-hydrogen) atoms. The van der Waals surface area contributed by atoms with Crippen molar-refractivity contribution >= 4 is 17.4 Å². The van der Waals surface area contributed by atoms with Crippen molar-refractivity contribution in [2.75, 3.05) is 36.0 Å². The topological polar surface area (TPSA) is 15.3 Å². The van der Waals surface area contributed by atoms with Gasteiger partial charge in [-0.05, 0) is 36.2 Å². The Balaban J connectivity index is 2.08. The number of anilines is 1. The molecule has 1 N–H and O–H groups in total. The maximum absolute atomic E-state index is 13.4. The summed E-state index contributed by atoms with van der Waals surface area (Å²) < 4.78 is 13.4. The maximum Gasteiger partial charge on any atom is 0.123 e. The predicted octanol–water partition coefficient (Wildman–Crippen LogP) is 3.12. The summed E-state index contributed by atoms with van der Waals surface area (Å²) in [6, 6.07) is 5.17. The molecule has 1 fully saturated rings.